The highest BCUT2D eigenvalue weighted by atomic mass is 16.6. The summed E-state index contributed by atoms with van der Waals surface area (Å²) in [7, 11) is 0. The average Bonchev–Trinajstić information content (AvgIpc) is 2.29. The molecule has 0 aromatic heterocycles. The number of aliphatic hydroxyl groups is 2. The van der Waals surface area contributed by atoms with Crippen molar-refractivity contribution in [3.8, 4) is 0 Å². The fourth-order valence-corrected chi connectivity index (χ4v) is 2.00. The molecule has 0 aliphatic carbocycles. The van der Waals surface area contributed by atoms with Gasteiger partial charge in [0, 0.05) is 6.42 Å². The van der Waals surface area contributed by atoms with Gasteiger partial charge in [-0.3, -0.25) is 0 Å². The van der Waals surface area contributed by atoms with Crippen LogP contribution in [0, 0.1) is 0 Å². The van der Waals surface area contributed by atoms with Crippen molar-refractivity contribution in [1.82, 2.24) is 0 Å². The fraction of sp³-hybridized carbons (Fsp3) is 0.538. The second kappa shape index (κ2) is 5.60. The minimum absolute atomic E-state index is 0.142. The predicted molar refractivity (Wildman–Crippen MR) is 62.2 cm³/mol. The van der Waals surface area contributed by atoms with E-state index in [0.717, 1.165) is 5.56 Å². The predicted octanol–water partition coefficient (Wildman–Crippen LogP) is 1.06. The molecule has 0 unspecified atom stereocenters. The van der Waals surface area contributed by atoms with Gasteiger partial charge in [-0.25, -0.2) is 0 Å². The van der Waals surface area contributed by atoms with E-state index in [1.807, 2.05) is 37.3 Å². The molecule has 1 aromatic rings. The van der Waals surface area contributed by atoms with Crippen LogP contribution in [-0.2, 0) is 16.1 Å². The van der Waals surface area contributed by atoms with Crippen LogP contribution < -0.4 is 0 Å². The molecule has 0 saturated carbocycles. The topological polar surface area (TPSA) is 58.9 Å². The Bertz CT molecular complexity index is 329. The molecule has 0 bridgehead atoms. The summed E-state index contributed by atoms with van der Waals surface area (Å²) in [6, 6.07) is 9.64. The summed E-state index contributed by atoms with van der Waals surface area (Å²) in [5.41, 5.74) is 1.01. The normalized spacial score (nSPS) is 33.6. The first-order chi connectivity index (χ1) is 8.16. The van der Waals surface area contributed by atoms with Crippen LogP contribution in [0.3, 0.4) is 0 Å². The van der Waals surface area contributed by atoms with Crippen molar-refractivity contribution in [2.24, 2.45) is 0 Å². The molecule has 4 heteroatoms. The third-order valence-corrected chi connectivity index (χ3v) is 2.89. The lowest BCUT2D eigenvalue weighted by molar-refractivity contribution is -0.258. The molecule has 0 radical (unpaired) electrons. The van der Waals surface area contributed by atoms with Gasteiger partial charge < -0.3 is 19.7 Å². The smallest absolute Gasteiger partial charge is 0.183 e. The van der Waals surface area contributed by atoms with Crippen molar-refractivity contribution in [3.05, 3.63) is 35.9 Å². The minimum Gasteiger partial charge on any atom is -0.390 e. The van der Waals surface area contributed by atoms with E-state index in [9.17, 15) is 10.2 Å². The molecular formula is C13H18O4. The largest absolute Gasteiger partial charge is 0.390 e. The van der Waals surface area contributed by atoms with Crippen LogP contribution in [0.5, 0.6) is 0 Å². The standard InChI is InChI=1S/C13H18O4/c1-9-7-11(14)12(13(15)17-9)16-8-10-5-3-2-4-6-10/h2-6,9,11-15H,7-8H2,1H3/t9-,11+,12-,13+/m1/s1. The average molecular weight is 238 g/mol. The zero-order valence-electron chi connectivity index (χ0n) is 9.82. The Hall–Kier alpha value is -0.940. The highest BCUT2D eigenvalue weighted by Crippen LogP contribution is 2.22. The van der Waals surface area contributed by atoms with Crippen LogP contribution in [0.15, 0.2) is 30.3 Å². The molecule has 1 saturated heterocycles. The summed E-state index contributed by atoms with van der Waals surface area (Å²) >= 11 is 0. The van der Waals surface area contributed by atoms with E-state index in [4.69, 9.17) is 9.47 Å². The lowest BCUT2D eigenvalue weighted by Gasteiger charge is -2.35. The van der Waals surface area contributed by atoms with Crippen molar-refractivity contribution in [2.45, 2.75) is 44.6 Å². The molecule has 0 spiro atoms. The number of hydrogen-bond donors (Lipinski definition) is 2. The molecule has 17 heavy (non-hydrogen) atoms. The van der Waals surface area contributed by atoms with Crippen molar-refractivity contribution in [3.63, 3.8) is 0 Å². The van der Waals surface area contributed by atoms with Gasteiger partial charge in [0.25, 0.3) is 0 Å². The van der Waals surface area contributed by atoms with Crippen LogP contribution >= 0.6 is 0 Å². The van der Waals surface area contributed by atoms with Crippen LogP contribution in [0.25, 0.3) is 0 Å². The first-order valence-electron chi connectivity index (χ1n) is 5.84. The number of aliphatic hydroxyl groups excluding tert-OH is 2. The lowest BCUT2D eigenvalue weighted by Crippen LogP contribution is -2.48. The quantitative estimate of drug-likeness (QED) is 0.826. The van der Waals surface area contributed by atoms with Crippen molar-refractivity contribution >= 4 is 0 Å². The number of rotatable bonds is 3. The van der Waals surface area contributed by atoms with Crippen LogP contribution in [-0.4, -0.2) is 34.8 Å². The first kappa shape index (κ1) is 12.5. The molecule has 2 rings (SSSR count). The molecule has 1 fully saturated rings. The molecule has 4 nitrogen and oxygen atoms in total. The van der Waals surface area contributed by atoms with Crippen molar-refractivity contribution in [1.29, 1.82) is 0 Å². The third kappa shape index (κ3) is 3.26. The molecule has 0 amide bonds. The van der Waals surface area contributed by atoms with Gasteiger partial charge in [0.2, 0.25) is 0 Å². The Balaban J connectivity index is 1.90. The highest BCUT2D eigenvalue weighted by molar-refractivity contribution is 5.13. The minimum atomic E-state index is -1.06. The molecule has 1 aromatic carbocycles. The maximum Gasteiger partial charge on any atom is 0.183 e. The lowest BCUT2D eigenvalue weighted by atomic mass is 10.0. The van der Waals surface area contributed by atoms with Gasteiger partial charge in [-0.05, 0) is 12.5 Å². The molecular weight excluding hydrogens is 220 g/mol. The second-order valence-corrected chi connectivity index (χ2v) is 4.40. The summed E-state index contributed by atoms with van der Waals surface area (Å²) in [6.45, 7) is 2.18. The van der Waals surface area contributed by atoms with Gasteiger partial charge >= 0.3 is 0 Å². The van der Waals surface area contributed by atoms with Gasteiger partial charge in [0.15, 0.2) is 6.29 Å². The maximum absolute atomic E-state index is 9.82. The summed E-state index contributed by atoms with van der Waals surface area (Å²) in [5, 5.41) is 19.5. The molecule has 94 valence electrons. The monoisotopic (exact) mass is 238 g/mol. The summed E-state index contributed by atoms with van der Waals surface area (Å²) in [6.07, 6.45) is -2.07. The van der Waals surface area contributed by atoms with E-state index >= 15 is 0 Å². The molecule has 4 atom stereocenters. The van der Waals surface area contributed by atoms with E-state index in [-0.39, 0.29) is 6.10 Å². The summed E-state index contributed by atoms with van der Waals surface area (Å²) in [5.74, 6) is 0. The Kier molecular flexibility index (Phi) is 4.12. The van der Waals surface area contributed by atoms with E-state index < -0.39 is 18.5 Å². The SMILES string of the molecule is C[C@@H]1C[C@H](O)[C@@H](OCc2ccccc2)[C@@H](O)O1. The Labute approximate surface area is 101 Å². The number of ether oxygens (including phenoxy) is 2. The second-order valence-electron chi connectivity index (χ2n) is 4.40. The molecule has 1 aliphatic heterocycles. The van der Waals surface area contributed by atoms with Gasteiger partial charge in [0.05, 0.1) is 18.8 Å². The summed E-state index contributed by atoms with van der Waals surface area (Å²) < 4.78 is 10.7. The Morgan fingerprint density at radius 2 is 2.00 bits per heavy atom. The summed E-state index contributed by atoms with van der Waals surface area (Å²) in [4.78, 5) is 0. The van der Waals surface area contributed by atoms with E-state index in [0.29, 0.717) is 13.0 Å². The van der Waals surface area contributed by atoms with Gasteiger partial charge in [-0.15, -0.1) is 0 Å². The molecule has 1 heterocycles. The van der Waals surface area contributed by atoms with Crippen molar-refractivity contribution in [2.75, 3.05) is 0 Å². The van der Waals surface area contributed by atoms with Crippen LogP contribution in [0.4, 0.5) is 0 Å². The fourth-order valence-electron chi connectivity index (χ4n) is 2.00. The Morgan fingerprint density at radius 1 is 1.29 bits per heavy atom. The third-order valence-electron chi connectivity index (χ3n) is 2.89. The van der Waals surface area contributed by atoms with Crippen molar-refractivity contribution < 1.29 is 19.7 Å². The van der Waals surface area contributed by atoms with Gasteiger partial charge in [0.1, 0.15) is 6.10 Å². The maximum atomic E-state index is 9.82. The zero-order chi connectivity index (χ0) is 12.3. The zero-order valence-corrected chi connectivity index (χ0v) is 9.82. The van der Waals surface area contributed by atoms with Crippen LogP contribution in [0.2, 0.25) is 0 Å². The highest BCUT2D eigenvalue weighted by Gasteiger charge is 2.35. The van der Waals surface area contributed by atoms with Gasteiger partial charge in [-0.1, -0.05) is 30.3 Å². The first-order valence-corrected chi connectivity index (χ1v) is 5.84. The number of hydrogen-bond acceptors (Lipinski definition) is 4. The molecule has 2 N–H and O–H groups in total. The Morgan fingerprint density at radius 3 is 2.65 bits per heavy atom. The van der Waals surface area contributed by atoms with Gasteiger partial charge in [-0.2, -0.15) is 0 Å². The van der Waals surface area contributed by atoms with E-state index in [1.54, 1.807) is 0 Å². The number of benzene rings is 1. The molecule has 1 aliphatic rings. The van der Waals surface area contributed by atoms with E-state index in [2.05, 4.69) is 0 Å². The van der Waals surface area contributed by atoms with Crippen LogP contribution in [0.1, 0.15) is 18.9 Å². The van der Waals surface area contributed by atoms with E-state index in [1.165, 1.54) is 0 Å².